The predicted molar refractivity (Wildman–Crippen MR) is 109 cm³/mol. The summed E-state index contributed by atoms with van der Waals surface area (Å²) in [5, 5.41) is 14.9. The molecule has 0 aromatic rings. The highest BCUT2D eigenvalue weighted by Gasteiger charge is 2.51. The molecule has 0 spiro atoms. The number of carbonyl (C=O) groups excluding carboxylic acids is 1. The third-order valence-electron chi connectivity index (χ3n) is 6.02. The molecule has 1 amide bonds. The molecule has 1 unspecified atom stereocenters. The number of rotatable bonds is 13. The van der Waals surface area contributed by atoms with Gasteiger partial charge in [-0.1, -0.05) is 71.1 Å². The first kappa shape index (κ1) is 23.4. The van der Waals surface area contributed by atoms with Crippen molar-refractivity contribution in [2.24, 2.45) is 0 Å². The molecule has 0 saturated carbocycles. The average molecular weight is 369 g/mol. The standard InChI is InChI=1S/C22H44N2O2/c1-6-7-8-9-10-11-12-13-14-15-16-17-20(25)23-19-18-21(2,3)24(26)22(19,4)5/h19,26H,6-18H2,1-5H3,(H,23,25). The summed E-state index contributed by atoms with van der Waals surface area (Å²) in [6.07, 6.45) is 15.7. The lowest BCUT2D eigenvalue weighted by Gasteiger charge is -2.35. The molecule has 2 N–H and O–H groups in total. The Hall–Kier alpha value is -0.610. The highest BCUT2D eigenvalue weighted by molar-refractivity contribution is 5.76. The Kier molecular flexibility index (Phi) is 10.2. The van der Waals surface area contributed by atoms with Crippen LogP contribution in [0.4, 0.5) is 0 Å². The summed E-state index contributed by atoms with van der Waals surface area (Å²) in [6, 6.07) is 0.00251. The van der Waals surface area contributed by atoms with Crippen LogP contribution in [0.2, 0.25) is 0 Å². The van der Waals surface area contributed by atoms with Crippen LogP contribution in [-0.2, 0) is 4.79 Å². The van der Waals surface area contributed by atoms with E-state index in [0.29, 0.717) is 6.42 Å². The van der Waals surface area contributed by atoms with Gasteiger partial charge in [-0.2, -0.15) is 5.06 Å². The van der Waals surface area contributed by atoms with E-state index in [1.54, 1.807) is 0 Å². The number of unbranched alkanes of at least 4 members (excludes halogenated alkanes) is 10. The van der Waals surface area contributed by atoms with E-state index in [9.17, 15) is 10.0 Å². The van der Waals surface area contributed by atoms with Gasteiger partial charge in [0.1, 0.15) is 0 Å². The molecule has 4 nitrogen and oxygen atoms in total. The molecule has 0 bridgehead atoms. The lowest BCUT2D eigenvalue weighted by Crippen LogP contribution is -2.53. The molecule has 1 rings (SSSR count). The minimum absolute atomic E-state index is 0.00251. The van der Waals surface area contributed by atoms with E-state index in [1.807, 2.05) is 27.7 Å². The Morgan fingerprint density at radius 2 is 1.38 bits per heavy atom. The molecule has 4 heteroatoms. The van der Waals surface area contributed by atoms with Gasteiger partial charge in [0, 0.05) is 12.0 Å². The molecule has 0 aliphatic carbocycles. The van der Waals surface area contributed by atoms with Crippen molar-refractivity contribution in [3.63, 3.8) is 0 Å². The first-order valence-electron chi connectivity index (χ1n) is 11.0. The third-order valence-corrected chi connectivity index (χ3v) is 6.02. The highest BCUT2D eigenvalue weighted by atomic mass is 16.5. The Morgan fingerprint density at radius 1 is 0.923 bits per heavy atom. The van der Waals surface area contributed by atoms with Gasteiger partial charge in [-0.05, 0) is 40.5 Å². The SMILES string of the molecule is CCCCCCCCCCCCCC(=O)NC1CC(C)(C)N(O)C1(C)C. The summed E-state index contributed by atoms with van der Waals surface area (Å²) >= 11 is 0. The zero-order valence-electron chi connectivity index (χ0n) is 18.1. The molecular weight excluding hydrogens is 324 g/mol. The normalized spacial score (nSPS) is 21.8. The fourth-order valence-corrected chi connectivity index (χ4v) is 4.21. The molecule has 0 aromatic heterocycles. The van der Waals surface area contributed by atoms with E-state index in [-0.39, 0.29) is 17.5 Å². The van der Waals surface area contributed by atoms with Crippen LogP contribution >= 0.6 is 0 Å². The molecule has 1 heterocycles. The third kappa shape index (κ3) is 7.56. The van der Waals surface area contributed by atoms with Crippen molar-refractivity contribution in [1.82, 2.24) is 10.4 Å². The van der Waals surface area contributed by atoms with Crippen LogP contribution in [0.3, 0.4) is 0 Å². The van der Waals surface area contributed by atoms with Crippen molar-refractivity contribution in [2.75, 3.05) is 0 Å². The van der Waals surface area contributed by atoms with Gasteiger partial charge in [0.25, 0.3) is 0 Å². The Labute approximate surface area is 162 Å². The van der Waals surface area contributed by atoms with E-state index < -0.39 is 5.54 Å². The monoisotopic (exact) mass is 368 g/mol. The van der Waals surface area contributed by atoms with Gasteiger partial charge in [-0.3, -0.25) is 4.79 Å². The van der Waals surface area contributed by atoms with Crippen LogP contribution in [0.5, 0.6) is 0 Å². The van der Waals surface area contributed by atoms with Crippen LogP contribution in [-0.4, -0.2) is 33.3 Å². The number of nitrogens with zero attached hydrogens (tertiary/aromatic N) is 1. The average Bonchev–Trinajstić information content (AvgIpc) is 2.72. The van der Waals surface area contributed by atoms with E-state index in [0.717, 1.165) is 19.3 Å². The number of hydrogen-bond donors (Lipinski definition) is 2. The molecule has 1 saturated heterocycles. The largest absolute Gasteiger partial charge is 0.351 e. The van der Waals surface area contributed by atoms with Gasteiger partial charge >= 0.3 is 0 Å². The molecule has 1 fully saturated rings. The van der Waals surface area contributed by atoms with Gasteiger partial charge in [0.2, 0.25) is 5.91 Å². The molecule has 1 aliphatic rings. The number of nitrogens with one attached hydrogen (secondary N) is 1. The zero-order valence-corrected chi connectivity index (χ0v) is 18.1. The van der Waals surface area contributed by atoms with Crippen LogP contribution in [0.1, 0.15) is 118 Å². The zero-order chi connectivity index (χ0) is 19.6. The number of hydrogen-bond acceptors (Lipinski definition) is 3. The minimum Gasteiger partial charge on any atom is -0.351 e. The van der Waals surface area contributed by atoms with Gasteiger partial charge in [-0.15, -0.1) is 0 Å². The molecule has 26 heavy (non-hydrogen) atoms. The molecule has 0 radical (unpaired) electrons. The summed E-state index contributed by atoms with van der Waals surface area (Å²) in [6.45, 7) is 10.3. The van der Waals surface area contributed by atoms with Gasteiger partial charge in [0.15, 0.2) is 0 Å². The smallest absolute Gasteiger partial charge is 0.220 e. The quantitative estimate of drug-likeness (QED) is 0.402. The maximum Gasteiger partial charge on any atom is 0.220 e. The van der Waals surface area contributed by atoms with Crippen LogP contribution < -0.4 is 5.32 Å². The van der Waals surface area contributed by atoms with E-state index in [1.165, 1.54) is 62.9 Å². The summed E-state index contributed by atoms with van der Waals surface area (Å²) in [5.41, 5.74) is -0.714. The summed E-state index contributed by atoms with van der Waals surface area (Å²) in [5.74, 6) is 0.130. The lowest BCUT2D eigenvalue weighted by molar-refractivity contribution is -0.194. The summed E-state index contributed by atoms with van der Waals surface area (Å²) in [7, 11) is 0. The van der Waals surface area contributed by atoms with Crippen molar-refractivity contribution >= 4 is 5.91 Å². The van der Waals surface area contributed by atoms with Crippen molar-refractivity contribution in [3.8, 4) is 0 Å². The molecule has 0 aromatic carbocycles. The van der Waals surface area contributed by atoms with Gasteiger partial charge in [-0.25, -0.2) is 0 Å². The summed E-state index contributed by atoms with van der Waals surface area (Å²) < 4.78 is 0. The first-order chi connectivity index (χ1) is 12.2. The lowest BCUT2D eigenvalue weighted by atomic mass is 9.94. The molecule has 1 aliphatic heterocycles. The summed E-state index contributed by atoms with van der Waals surface area (Å²) in [4.78, 5) is 12.3. The number of hydroxylamine groups is 2. The Morgan fingerprint density at radius 3 is 1.81 bits per heavy atom. The maximum atomic E-state index is 12.3. The van der Waals surface area contributed by atoms with Gasteiger partial charge in [0.05, 0.1) is 11.6 Å². The van der Waals surface area contributed by atoms with Crippen LogP contribution in [0, 0.1) is 0 Å². The molecular formula is C22H44N2O2. The highest BCUT2D eigenvalue weighted by Crippen LogP contribution is 2.39. The van der Waals surface area contributed by atoms with Crippen molar-refractivity contribution in [1.29, 1.82) is 0 Å². The predicted octanol–water partition coefficient (Wildman–Crippen LogP) is 5.82. The van der Waals surface area contributed by atoms with Crippen molar-refractivity contribution in [3.05, 3.63) is 0 Å². The van der Waals surface area contributed by atoms with Crippen LogP contribution in [0.15, 0.2) is 0 Å². The minimum atomic E-state index is -0.420. The van der Waals surface area contributed by atoms with Gasteiger partial charge < -0.3 is 10.5 Å². The van der Waals surface area contributed by atoms with E-state index >= 15 is 0 Å². The Balaban J connectivity index is 2.06. The van der Waals surface area contributed by atoms with E-state index in [2.05, 4.69) is 12.2 Å². The number of carbonyl (C=O) groups is 1. The maximum absolute atomic E-state index is 12.3. The van der Waals surface area contributed by atoms with Crippen LogP contribution in [0.25, 0.3) is 0 Å². The van der Waals surface area contributed by atoms with E-state index in [4.69, 9.17) is 0 Å². The second-order valence-corrected chi connectivity index (χ2v) is 9.39. The fourth-order valence-electron chi connectivity index (χ4n) is 4.21. The second-order valence-electron chi connectivity index (χ2n) is 9.39. The number of amides is 1. The molecule has 154 valence electrons. The Bertz CT molecular complexity index is 407. The fraction of sp³-hybridized carbons (Fsp3) is 0.955. The topological polar surface area (TPSA) is 52.6 Å². The molecule has 1 atom stereocenters. The van der Waals surface area contributed by atoms with Crippen molar-refractivity contribution < 1.29 is 10.0 Å². The second kappa shape index (κ2) is 11.3. The van der Waals surface area contributed by atoms with Crippen molar-refractivity contribution in [2.45, 2.75) is 135 Å². The first-order valence-corrected chi connectivity index (χ1v) is 11.0.